The predicted octanol–water partition coefficient (Wildman–Crippen LogP) is 2.96. The first-order valence-corrected chi connectivity index (χ1v) is 10.7. The summed E-state index contributed by atoms with van der Waals surface area (Å²) in [4.78, 5) is 24.4. The van der Waals surface area contributed by atoms with Crippen molar-refractivity contribution in [1.29, 1.82) is 0 Å². The number of carbonyl (C=O) groups excluding carboxylic acids is 2. The highest BCUT2D eigenvalue weighted by atomic mass is 79.9. The van der Waals surface area contributed by atoms with E-state index in [9.17, 15) is 19.8 Å². The Hall–Kier alpha value is -0.780. The molecule has 1 unspecified atom stereocenters. The van der Waals surface area contributed by atoms with Crippen molar-refractivity contribution in [2.24, 2.45) is 28.6 Å². The molecule has 0 aromatic rings. The molecule has 0 aromatic carbocycles. The topological polar surface area (TPSA) is 74.6 Å². The minimum Gasteiger partial charge on any atom is -0.393 e. The lowest BCUT2D eigenvalue weighted by Crippen LogP contribution is -2.61. The van der Waals surface area contributed by atoms with E-state index in [-0.39, 0.29) is 40.1 Å². The van der Waals surface area contributed by atoms with Crippen molar-refractivity contribution in [3.63, 3.8) is 0 Å². The van der Waals surface area contributed by atoms with Crippen molar-refractivity contribution in [3.05, 3.63) is 23.8 Å². The Morgan fingerprint density at radius 3 is 2.77 bits per heavy atom. The number of hydrogen-bond donors (Lipinski definition) is 2. The Balaban J connectivity index is 1.75. The molecule has 26 heavy (non-hydrogen) atoms. The highest BCUT2D eigenvalue weighted by Gasteiger charge is 2.67. The van der Waals surface area contributed by atoms with Crippen molar-refractivity contribution < 1.29 is 19.8 Å². The molecule has 4 nitrogen and oxygen atoms in total. The van der Waals surface area contributed by atoms with Gasteiger partial charge in [0.25, 0.3) is 0 Å². The first-order valence-electron chi connectivity index (χ1n) is 9.61. The molecular formula is C21H27BrO4. The summed E-state index contributed by atoms with van der Waals surface area (Å²) < 4.78 is 0. The number of allylic oxidation sites excluding steroid dienone is 4. The highest BCUT2D eigenvalue weighted by Crippen LogP contribution is 2.67. The molecule has 0 amide bonds. The standard InChI is InChI=1S/C21H27BrO4/c1-19-7-5-13(23)9-12(19)3-4-14-15-6-8-21(26,17(25)11-22)20(15,2)10-16(24)18(14)19/h5,7,9,14-16,18,24,26H,3-4,6,8,10-11H2,1-2H3/t14-,15-,16?,18+,19-,20-,21-/m0/s1. The second-order valence-electron chi connectivity index (χ2n) is 9.17. The number of fused-ring (bicyclic) bond motifs is 5. The third-order valence-corrected chi connectivity index (χ3v) is 8.74. The van der Waals surface area contributed by atoms with E-state index in [1.807, 2.05) is 13.0 Å². The fourth-order valence-corrected chi connectivity index (χ4v) is 7.36. The Labute approximate surface area is 162 Å². The normalized spacial score (nSPS) is 49.9. The summed E-state index contributed by atoms with van der Waals surface area (Å²) in [6.07, 6.45) is 8.24. The van der Waals surface area contributed by atoms with Crippen LogP contribution in [0.15, 0.2) is 23.8 Å². The van der Waals surface area contributed by atoms with E-state index < -0.39 is 17.1 Å². The van der Waals surface area contributed by atoms with Crippen LogP contribution >= 0.6 is 15.9 Å². The smallest absolute Gasteiger partial charge is 0.178 e. The van der Waals surface area contributed by atoms with Gasteiger partial charge in [-0.15, -0.1) is 0 Å². The molecule has 3 fully saturated rings. The Morgan fingerprint density at radius 2 is 2.08 bits per heavy atom. The Morgan fingerprint density at radius 1 is 1.35 bits per heavy atom. The van der Waals surface area contributed by atoms with E-state index in [2.05, 4.69) is 22.9 Å². The van der Waals surface area contributed by atoms with Crippen LogP contribution in [0.1, 0.15) is 46.0 Å². The number of rotatable bonds is 2. The molecule has 0 aliphatic heterocycles. The van der Waals surface area contributed by atoms with Crippen LogP contribution in [-0.4, -0.2) is 38.8 Å². The molecule has 7 atom stereocenters. The monoisotopic (exact) mass is 422 g/mol. The van der Waals surface area contributed by atoms with Gasteiger partial charge in [0.2, 0.25) is 0 Å². The summed E-state index contributed by atoms with van der Waals surface area (Å²) in [5.41, 5.74) is -1.14. The molecular weight excluding hydrogens is 396 g/mol. The molecule has 0 saturated heterocycles. The molecule has 4 aliphatic rings. The van der Waals surface area contributed by atoms with Crippen molar-refractivity contribution in [1.82, 2.24) is 0 Å². The summed E-state index contributed by atoms with van der Waals surface area (Å²) in [7, 11) is 0. The minimum absolute atomic E-state index is 0.0317. The van der Waals surface area contributed by atoms with Crippen molar-refractivity contribution >= 4 is 27.5 Å². The second kappa shape index (κ2) is 5.86. The zero-order valence-corrected chi connectivity index (χ0v) is 17.0. The molecule has 5 heteroatoms. The summed E-state index contributed by atoms with van der Waals surface area (Å²) in [6.45, 7) is 4.13. The fourth-order valence-electron chi connectivity index (χ4n) is 6.90. The van der Waals surface area contributed by atoms with E-state index in [0.717, 1.165) is 24.8 Å². The summed E-state index contributed by atoms with van der Waals surface area (Å²) in [5.74, 6) is 0.365. The van der Waals surface area contributed by atoms with Gasteiger partial charge in [0.1, 0.15) is 5.60 Å². The zero-order valence-electron chi connectivity index (χ0n) is 15.4. The molecule has 142 valence electrons. The Bertz CT molecular complexity index is 728. The van der Waals surface area contributed by atoms with Gasteiger partial charge >= 0.3 is 0 Å². The summed E-state index contributed by atoms with van der Waals surface area (Å²) >= 11 is 3.22. The van der Waals surface area contributed by atoms with Crippen LogP contribution in [-0.2, 0) is 9.59 Å². The van der Waals surface area contributed by atoms with E-state index in [1.54, 1.807) is 12.2 Å². The number of aliphatic hydroxyl groups is 2. The summed E-state index contributed by atoms with van der Waals surface area (Å²) in [5, 5.41) is 22.6. The maximum absolute atomic E-state index is 12.6. The lowest BCUT2D eigenvalue weighted by Gasteiger charge is -2.59. The molecule has 0 bridgehead atoms. The van der Waals surface area contributed by atoms with Gasteiger partial charge in [0.05, 0.1) is 11.4 Å². The molecule has 3 saturated carbocycles. The average molecular weight is 423 g/mol. The predicted molar refractivity (Wildman–Crippen MR) is 102 cm³/mol. The SMILES string of the molecule is C[C@]12C=CC(=O)C=C1CC[C@@H]1[C@@H]2C(O)C[C@@]2(C)[C@H]1CC[C@]2(O)C(=O)CBr. The van der Waals surface area contributed by atoms with Gasteiger partial charge in [-0.1, -0.05) is 41.4 Å². The number of alkyl halides is 1. The van der Waals surface area contributed by atoms with Gasteiger partial charge in [0, 0.05) is 16.7 Å². The van der Waals surface area contributed by atoms with Crippen LogP contribution in [0.5, 0.6) is 0 Å². The fraction of sp³-hybridized carbons (Fsp3) is 0.714. The molecule has 0 heterocycles. The second-order valence-corrected chi connectivity index (χ2v) is 9.73. The van der Waals surface area contributed by atoms with Crippen molar-refractivity contribution in [2.45, 2.75) is 57.7 Å². The van der Waals surface area contributed by atoms with Crippen LogP contribution < -0.4 is 0 Å². The van der Waals surface area contributed by atoms with Crippen molar-refractivity contribution in [2.75, 3.05) is 5.33 Å². The lowest BCUT2D eigenvalue weighted by atomic mass is 9.46. The van der Waals surface area contributed by atoms with Crippen LogP contribution in [0.4, 0.5) is 0 Å². The van der Waals surface area contributed by atoms with E-state index in [0.29, 0.717) is 12.8 Å². The number of hydrogen-bond acceptors (Lipinski definition) is 4. The van der Waals surface area contributed by atoms with Crippen LogP contribution in [0.2, 0.25) is 0 Å². The van der Waals surface area contributed by atoms with Crippen LogP contribution in [0.25, 0.3) is 0 Å². The molecule has 4 aliphatic carbocycles. The van der Waals surface area contributed by atoms with Gasteiger partial charge in [-0.2, -0.15) is 0 Å². The number of aliphatic hydroxyl groups excluding tert-OH is 1. The number of carbonyl (C=O) groups is 2. The quantitative estimate of drug-likeness (QED) is 0.670. The van der Waals surface area contributed by atoms with Crippen LogP contribution in [0.3, 0.4) is 0 Å². The molecule has 0 radical (unpaired) electrons. The van der Waals surface area contributed by atoms with Gasteiger partial charge in [0.15, 0.2) is 11.6 Å². The molecule has 0 spiro atoms. The van der Waals surface area contributed by atoms with E-state index in [4.69, 9.17) is 0 Å². The molecule has 0 aromatic heterocycles. The summed E-state index contributed by atoms with van der Waals surface area (Å²) in [6, 6.07) is 0. The average Bonchev–Trinajstić information content (AvgIpc) is 2.86. The largest absolute Gasteiger partial charge is 0.393 e. The van der Waals surface area contributed by atoms with Gasteiger partial charge in [-0.25, -0.2) is 0 Å². The zero-order chi connectivity index (χ0) is 18.9. The highest BCUT2D eigenvalue weighted by molar-refractivity contribution is 9.09. The third-order valence-electron chi connectivity index (χ3n) is 8.23. The third kappa shape index (κ3) is 2.20. The lowest BCUT2D eigenvalue weighted by molar-refractivity contribution is -0.174. The van der Waals surface area contributed by atoms with E-state index >= 15 is 0 Å². The maximum Gasteiger partial charge on any atom is 0.178 e. The van der Waals surface area contributed by atoms with Gasteiger partial charge in [-0.05, 0) is 56.1 Å². The van der Waals surface area contributed by atoms with Gasteiger partial charge < -0.3 is 10.2 Å². The first kappa shape index (κ1) is 18.6. The van der Waals surface area contributed by atoms with Crippen LogP contribution in [0, 0.1) is 28.6 Å². The first-order chi connectivity index (χ1) is 12.2. The number of ketones is 2. The van der Waals surface area contributed by atoms with E-state index in [1.165, 1.54) is 0 Å². The van der Waals surface area contributed by atoms with Crippen molar-refractivity contribution in [3.8, 4) is 0 Å². The minimum atomic E-state index is -1.36. The molecule has 4 rings (SSSR count). The number of halogens is 1. The Kier molecular flexibility index (Phi) is 4.18. The maximum atomic E-state index is 12.6. The van der Waals surface area contributed by atoms with Gasteiger partial charge in [-0.3, -0.25) is 9.59 Å². The molecule has 2 N–H and O–H groups in total. The number of Topliss-reactive ketones (excluding diaryl/α,β-unsaturated/α-hetero) is 1.